The molecule has 1 N–H and O–H groups in total. The molecule has 2 fully saturated rings. The summed E-state index contributed by atoms with van der Waals surface area (Å²) < 4.78 is 60.0. The minimum atomic E-state index is -5.01. The van der Waals surface area contributed by atoms with Gasteiger partial charge in [-0.3, -0.25) is 24.0 Å². The van der Waals surface area contributed by atoms with Gasteiger partial charge in [-0.2, -0.15) is 0 Å². The smallest absolute Gasteiger partial charge is 0.404 e. The Bertz CT molecular complexity index is 1710. The van der Waals surface area contributed by atoms with Crippen LogP contribution < -0.4 is 15.6 Å². The van der Waals surface area contributed by atoms with E-state index >= 15 is 4.39 Å². The molecule has 1 saturated heterocycles. The van der Waals surface area contributed by atoms with Gasteiger partial charge in [-0.25, -0.2) is 9.37 Å². The molecule has 2 aromatic carbocycles. The molecule has 218 valence electrons. The molecule has 3 heterocycles. The second kappa shape index (κ2) is 10.5. The number of hydrogen-bond acceptors (Lipinski definition) is 7. The maximum absolute atomic E-state index is 15.0. The number of likely N-dealkylation sites (N-methyl/N-ethyl adjacent to an activating group) is 1. The average Bonchev–Trinajstić information content (AvgIpc) is 3.77. The number of fused-ring (bicyclic) bond motifs is 1. The second-order valence-corrected chi connectivity index (χ2v) is 10.5. The van der Waals surface area contributed by atoms with Crippen LogP contribution in [0.25, 0.3) is 27.7 Å². The quantitative estimate of drug-likeness (QED) is 0.341. The molecule has 0 bridgehead atoms. The molecule has 2 aliphatic rings. The number of aromatic nitrogens is 3. The van der Waals surface area contributed by atoms with Crippen LogP contribution in [0.2, 0.25) is 0 Å². The van der Waals surface area contributed by atoms with Crippen LogP contribution in [0.1, 0.15) is 12.8 Å². The predicted octanol–water partition coefficient (Wildman–Crippen LogP) is 4.20. The summed E-state index contributed by atoms with van der Waals surface area (Å²) in [6.07, 6.45) is 0.393. The van der Waals surface area contributed by atoms with Crippen molar-refractivity contribution in [2.75, 3.05) is 38.5 Å². The van der Waals surface area contributed by atoms with Crippen LogP contribution in [0, 0.1) is 5.82 Å². The van der Waals surface area contributed by atoms with Crippen molar-refractivity contribution in [2.45, 2.75) is 24.7 Å². The highest BCUT2D eigenvalue weighted by atomic mass is 19.4. The third kappa shape index (κ3) is 5.32. The fraction of sp³-hybridized carbons (Fsp3) is 0.310. The van der Waals surface area contributed by atoms with E-state index in [4.69, 9.17) is 0 Å². The van der Waals surface area contributed by atoms with Gasteiger partial charge in [0.15, 0.2) is 5.75 Å². The van der Waals surface area contributed by atoms with Gasteiger partial charge in [-0.15, -0.1) is 13.2 Å². The third-order valence-corrected chi connectivity index (χ3v) is 7.79. The first-order valence-electron chi connectivity index (χ1n) is 13.3. The van der Waals surface area contributed by atoms with Gasteiger partial charge < -0.3 is 15.0 Å². The van der Waals surface area contributed by atoms with Crippen LogP contribution in [-0.4, -0.2) is 75.4 Å². The van der Waals surface area contributed by atoms with E-state index < -0.39 is 34.9 Å². The maximum atomic E-state index is 15.0. The number of benzene rings is 2. The van der Waals surface area contributed by atoms with Crippen molar-refractivity contribution in [3.63, 3.8) is 0 Å². The number of halogens is 4. The Morgan fingerprint density at radius 2 is 1.83 bits per heavy atom. The van der Waals surface area contributed by atoms with Crippen molar-refractivity contribution in [3.05, 3.63) is 77.4 Å². The van der Waals surface area contributed by atoms with Gasteiger partial charge in [0.25, 0.3) is 5.56 Å². The summed E-state index contributed by atoms with van der Waals surface area (Å²) in [5.74, 6) is -1.72. The summed E-state index contributed by atoms with van der Waals surface area (Å²) in [7, 11) is 1.99. The molecule has 42 heavy (non-hydrogen) atoms. The zero-order valence-electron chi connectivity index (χ0n) is 22.5. The lowest BCUT2D eigenvalue weighted by Crippen LogP contribution is -2.54. The number of amides is 1. The number of piperazine rings is 1. The van der Waals surface area contributed by atoms with E-state index in [9.17, 15) is 22.8 Å². The Hall–Kier alpha value is -4.36. The lowest BCUT2D eigenvalue weighted by atomic mass is 10.0. The van der Waals surface area contributed by atoms with Crippen LogP contribution in [0.3, 0.4) is 0 Å². The number of alkyl halides is 3. The number of rotatable bonds is 6. The molecule has 1 aliphatic carbocycles. The Labute approximate surface area is 237 Å². The highest BCUT2D eigenvalue weighted by molar-refractivity contribution is 6.01. The summed E-state index contributed by atoms with van der Waals surface area (Å²) in [5, 5.41) is 2.59. The Morgan fingerprint density at radius 3 is 2.50 bits per heavy atom. The van der Waals surface area contributed by atoms with Crippen molar-refractivity contribution in [1.82, 2.24) is 24.3 Å². The maximum Gasteiger partial charge on any atom is 0.573 e. The van der Waals surface area contributed by atoms with E-state index in [0.29, 0.717) is 31.5 Å². The van der Waals surface area contributed by atoms with Gasteiger partial charge in [0.1, 0.15) is 17.7 Å². The molecule has 0 radical (unpaired) electrons. The number of pyridine rings is 1. The zero-order valence-corrected chi connectivity index (χ0v) is 22.5. The fourth-order valence-corrected chi connectivity index (χ4v) is 5.33. The zero-order chi connectivity index (χ0) is 29.6. The van der Waals surface area contributed by atoms with Crippen molar-refractivity contribution >= 4 is 22.5 Å². The molecule has 1 aliphatic heterocycles. The molecular weight excluding hydrogens is 556 g/mol. The van der Waals surface area contributed by atoms with Gasteiger partial charge in [-0.1, -0.05) is 6.07 Å². The average molecular weight is 583 g/mol. The molecule has 0 spiro atoms. The van der Waals surface area contributed by atoms with E-state index in [1.165, 1.54) is 30.7 Å². The first-order valence-corrected chi connectivity index (χ1v) is 13.3. The summed E-state index contributed by atoms with van der Waals surface area (Å²) in [4.78, 5) is 39.3. The minimum Gasteiger partial charge on any atom is -0.404 e. The van der Waals surface area contributed by atoms with E-state index in [1.807, 2.05) is 7.05 Å². The van der Waals surface area contributed by atoms with Crippen molar-refractivity contribution in [2.24, 2.45) is 0 Å². The number of ether oxygens (including phenoxy) is 1. The largest absolute Gasteiger partial charge is 0.573 e. The number of anilines is 1. The van der Waals surface area contributed by atoms with Crippen LogP contribution in [0.15, 0.2) is 66.0 Å². The number of carbonyl (C=O) groups excluding carboxylic acids is 1. The molecule has 0 unspecified atom stereocenters. The van der Waals surface area contributed by atoms with Gasteiger partial charge in [0.2, 0.25) is 5.91 Å². The summed E-state index contributed by atoms with van der Waals surface area (Å²) in [5.41, 5.74) is -0.639. The van der Waals surface area contributed by atoms with E-state index in [0.717, 1.165) is 29.8 Å². The van der Waals surface area contributed by atoms with Crippen molar-refractivity contribution < 1.29 is 27.1 Å². The minimum absolute atomic E-state index is 0.0316. The van der Waals surface area contributed by atoms with Crippen molar-refractivity contribution in [1.29, 1.82) is 0 Å². The summed E-state index contributed by atoms with van der Waals surface area (Å²) >= 11 is 0. The summed E-state index contributed by atoms with van der Waals surface area (Å²) in [6, 6.07) is 9.31. The molecule has 0 atom stereocenters. The van der Waals surface area contributed by atoms with Crippen LogP contribution in [0.5, 0.6) is 5.75 Å². The molecule has 1 amide bonds. The Balaban J connectivity index is 1.36. The number of nitrogens with zero attached hydrogens (tertiary/aromatic N) is 5. The lowest BCUT2D eigenvalue weighted by Gasteiger charge is -2.37. The third-order valence-electron chi connectivity index (χ3n) is 7.79. The normalized spacial score (nSPS) is 17.3. The monoisotopic (exact) mass is 582 g/mol. The topological polar surface area (TPSA) is 92.6 Å². The van der Waals surface area contributed by atoms with Crippen molar-refractivity contribution in [3.8, 4) is 22.6 Å². The first-order chi connectivity index (χ1) is 20.0. The Morgan fingerprint density at radius 1 is 1.07 bits per heavy atom. The van der Waals surface area contributed by atoms with Gasteiger partial charge in [0.05, 0.1) is 22.3 Å². The molecule has 2 aromatic heterocycles. The fourth-order valence-electron chi connectivity index (χ4n) is 5.33. The molecule has 9 nitrogen and oxygen atoms in total. The Kier molecular flexibility index (Phi) is 6.93. The molecular formula is C29H26F4N6O3. The van der Waals surface area contributed by atoms with Crippen LogP contribution >= 0.6 is 0 Å². The van der Waals surface area contributed by atoms with E-state index in [-0.39, 0.29) is 27.8 Å². The number of hydrogen-bond donors (Lipinski definition) is 1. The number of carbonyl (C=O) groups is 1. The SMILES string of the molecule is CN1CCN(C2(C(=O)Nc3cc(-n4cnc5cc(-c6cccnc6)c(F)cc5c4=O)ccc3OC(F)(F)F)CC2)CC1. The number of nitrogens with one attached hydrogen (secondary N) is 1. The first kappa shape index (κ1) is 27.8. The van der Waals surface area contributed by atoms with Gasteiger partial charge >= 0.3 is 6.36 Å². The lowest BCUT2D eigenvalue weighted by molar-refractivity contribution is -0.274. The standard InChI is InChI=1S/C29H26F4N6O3/c1-37-9-11-38(12-10-37)28(6-7-28)27(41)36-24-13-19(4-5-25(24)42-29(31,32)33)39-17-35-23-15-20(18-3-2-8-34-16-18)22(30)14-21(23)26(39)40/h2-5,8,13-17H,6-7,9-12H2,1H3,(H,36,41). The second-order valence-electron chi connectivity index (χ2n) is 10.5. The van der Waals surface area contributed by atoms with Gasteiger partial charge in [0, 0.05) is 49.7 Å². The van der Waals surface area contributed by atoms with E-state index in [1.54, 1.807) is 18.3 Å². The molecule has 4 aromatic rings. The van der Waals surface area contributed by atoms with Crippen LogP contribution in [0.4, 0.5) is 23.2 Å². The van der Waals surface area contributed by atoms with E-state index in [2.05, 4.69) is 29.8 Å². The predicted molar refractivity (Wildman–Crippen MR) is 147 cm³/mol. The molecule has 13 heteroatoms. The highest BCUT2D eigenvalue weighted by Crippen LogP contribution is 2.44. The molecule has 1 saturated carbocycles. The van der Waals surface area contributed by atoms with Crippen LogP contribution in [-0.2, 0) is 4.79 Å². The molecule has 6 rings (SSSR count). The summed E-state index contributed by atoms with van der Waals surface area (Å²) in [6.45, 7) is 2.87. The van der Waals surface area contributed by atoms with Gasteiger partial charge in [-0.05, 0) is 56.3 Å². The highest BCUT2D eigenvalue weighted by Gasteiger charge is 2.55.